The molecular formula is C26H35BrN2O2. The predicted molar refractivity (Wildman–Crippen MR) is 131 cm³/mol. The molecule has 2 aromatic carbocycles. The second kappa shape index (κ2) is 11.5. The molecule has 0 aliphatic heterocycles. The van der Waals surface area contributed by atoms with Crippen LogP contribution < -0.4 is 5.32 Å². The predicted octanol–water partition coefficient (Wildman–Crippen LogP) is 5.62. The zero-order chi connectivity index (χ0) is 23.0. The van der Waals surface area contributed by atoms with Crippen molar-refractivity contribution in [2.75, 3.05) is 6.54 Å². The van der Waals surface area contributed by atoms with Crippen LogP contribution in [0.5, 0.6) is 0 Å². The second-order valence-corrected chi connectivity index (χ2v) is 9.98. The summed E-state index contributed by atoms with van der Waals surface area (Å²) in [6.07, 6.45) is 1.89. The second-order valence-electron chi connectivity index (χ2n) is 9.07. The van der Waals surface area contributed by atoms with Crippen LogP contribution in [0.25, 0.3) is 0 Å². The Morgan fingerprint density at radius 2 is 1.74 bits per heavy atom. The summed E-state index contributed by atoms with van der Waals surface area (Å²) in [6.45, 7) is 11.4. The van der Waals surface area contributed by atoms with Crippen molar-refractivity contribution in [2.24, 2.45) is 0 Å². The van der Waals surface area contributed by atoms with E-state index in [-0.39, 0.29) is 17.2 Å². The summed E-state index contributed by atoms with van der Waals surface area (Å²) in [5, 5.41) is 2.92. The molecule has 5 heteroatoms. The van der Waals surface area contributed by atoms with Gasteiger partial charge in [-0.15, -0.1) is 0 Å². The molecule has 0 heterocycles. The summed E-state index contributed by atoms with van der Waals surface area (Å²) in [5.74, 6) is -0.126. The van der Waals surface area contributed by atoms with E-state index in [0.717, 1.165) is 22.0 Å². The number of carbonyl (C=O) groups excluding carboxylic acids is 2. The maximum Gasteiger partial charge on any atom is 0.242 e. The average molecular weight is 487 g/mol. The van der Waals surface area contributed by atoms with Gasteiger partial charge in [-0.2, -0.15) is 0 Å². The first-order valence-corrected chi connectivity index (χ1v) is 11.8. The summed E-state index contributed by atoms with van der Waals surface area (Å²) in [7, 11) is 0. The van der Waals surface area contributed by atoms with Gasteiger partial charge in [0.25, 0.3) is 0 Å². The normalized spacial score (nSPS) is 12.3. The van der Waals surface area contributed by atoms with E-state index in [9.17, 15) is 9.59 Å². The molecular weight excluding hydrogens is 452 g/mol. The molecule has 2 aromatic rings. The fraction of sp³-hybridized carbons (Fsp3) is 0.462. The Bertz CT molecular complexity index is 872. The highest BCUT2D eigenvalue weighted by molar-refractivity contribution is 9.10. The highest BCUT2D eigenvalue weighted by Crippen LogP contribution is 2.23. The standard InChI is InChI=1S/C26H35BrN2O2/c1-6-16-28-25(31)19(2)29(18-21-8-7-9-23(27)17-21)24(30)15-12-20-10-13-22(14-11-20)26(3,4)5/h7-11,13-14,17,19H,6,12,15-16,18H2,1-5H3,(H,28,31)/t19-/m0/s1. The number of rotatable bonds is 9. The largest absolute Gasteiger partial charge is 0.354 e. The van der Waals surface area contributed by atoms with E-state index in [1.807, 2.05) is 31.2 Å². The first kappa shape index (κ1) is 25.1. The average Bonchev–Trinajstić information content (AvgIpc) is 2.73. The highest BCUT2D eigenvalue weighted by Gasteiger charge is 2.25. The van der Waals surface area contributed by atoms with Gasteiger partial charge in [0.1, 0.15) is 6.04 Å². The number of hydrogen-bond acceptors (Lipinski definition) is 2. The monoisotopic (exact) mass is 486 g/mol. The number of carbonyl (C=O) groups is 2. The van der Waals surface area contributed by atoms with Crippen molar-refractivity contribution in [1.29, 1.82) is 0 Å². The topological polar surface area (TPSA) is 49.4 Å². The molecule has 0 aliphatic carbocycles. The number of nitrogens with zero attached hydrogens (tertiary/aromatic N) is 1. The van der Waals surface area contributed by atoms with Crippen molar-refractivity contribution in [3.05, 3.63) is 69.7 Å². The van der Waals surface area contributed by atoms with Gasteiger partial charge in [0, 0.05) is 24.0 Å². The van der Waals surface area contributed by atoms with Crippen LogP contribution in [0, 0.1) is 0 Å². The fourth-order valence-electron chi connectivity index (χ4n) is 3.38. The summed E-state index contributed by atoms with van der Waals surface area (Å²) < 4.78 is 0.958. The number of amides is 2. The summed E-state index contributed by atoms with van der Waals surface area (Å²) in [4.78, 5) is 27.5. The molecule has 0 radical (unpaired) electrons. The van der Waals surface area contributed by atoms with Gasteiger partial charge in [0.05, 0.1) is 0 Å². The van der Waals surface area contributed by atoms with Crippen LogP contribution in [-0.2, 0) is 28.0 Å². The molecule has 0 saturated carbocycles. The van der Waals surface area contributed by atoms with Crippen molar-refractivity contribution < 1.29 is 9.59 Å². The number of hydrogen-bond donors (Lipinski definition) is 1. The maximum atomic E-state index is 13.2. The van der Waals surface area contributed by atoms with Gasteiger partial charge in [-0.05, 0) is 54.0 Å². The third-order valence-electron chi connectivity index (χ3n) is 5.41. The van der Waals surface area contributed by atoms with Crippen molar-refractivity contribution >= 4 is 27.7 Å². The van der Waals surface area contributed by atoms with Crippen LogP contribution in [0.15, 0.2) is 53.0 Å². The minimum Gasteiger partial charge on any atom is -0.354 e. The Morgan fingerprint density at radius 3 is 2.32 bits per heavy atom. The Balaban J connectivity index is 2.12. The quantitative estimate of drug-likeness (QED) is 0.499. The summed E-state index contributed by atoms with van der Waals surface area (Å²) >= 11 is 3.49. The summed E-state index contributed by atoms with van der Waals surface area (Å²) in [6, 6.07) is 15.8. The van der Waals surface area contributed by atoms with Gasteiger partial charge in [0.15, 0.2) is 0 Å². The van der Waals surface area contributed by atoms with E-state index >= 15 is 0 Å². The zero-order valence-corrected chi connectivity index (χ0v) is 21.0. The molecule has 0 unspecified atom stereocenters. The van der Waals surface area contributed by atoms with Crippen molar-refractivity contribution in [3.8, 4) is 0 Å². The SMILES string of the molecule is CCCNC(=O)[C@H](C)N(Cc1cccc(Br)c1)C(=O)CCc1ccc(C(C)(C)C)cc1. The maximum absolute atomic E-state index is 13.2. The van der Waals surface area contributed by atoms with Crippen LogP contribution in [0.1, 0.15) is 64.2 Å². The molecule has 0 fully saturated rings. The lowest BCUT2D eigenvalue weighted by Gasteiger charge is -2.29. The molecule has 4 nitrogen and oxygen atoms in total. The van der Waals surface area contributed by atoms with Gasteiger partial charge >= 0.3 is 0 Å². The van der Waals surface area contributed by atoms with Gasteiger partial charge in [0.2, 0.25) is 11.8 Å². The molecule has 1 N–H and O–H groups in total. The molecule has 0 spiro atoms. The van der Waals surface area contributed by atoms with Crippen molar-refractivity contribution in [3.63, 3.8) is 0 Å². The fourth-order valence-corrected chi connectivity index (χ4v) is 3.82. The molecule has 2 rings (SSSR count). The molecule has 0 saturated heterocycles. The first-order chi connectivity index (χ1) is 14.6. The van der Waals surface area contributed by atoms with Crippen LogP contribution in [0.2, 0.25) is 0 Å². The van der Waals surface area contributed by atoms with E-state index < -0.39 is 6.04 Å². The van der Waals surface area contributed by atoms with Gasteiger partial charge in [-0.25, -0.2) is 0 Å². The van der Waals surface area contributed by atoms with E-state index in [4.69, 9.17) is 0 Å². The van der Waals surface area contributed by atoms with E-state index in [2.05, 4.69) is 66.3 Å². The van der Waals surface area contributed by atoms with Gasteiger partial charge < -0.3 is 10.2 Å². The number of nitrogens with one attached hydrogen (secondary N) is 1. The number of halogens is 1. The van der Waals surface area contributed by atoms with Gasteiger partial charge in [-0.1, -0.05) is 80.0 Å². The molecule has 0 bridgehead atoms. The lowest BCUT2D eigenvalue weighted by atomic mass is 9.86. The lowest BCUT2D eigenvalue weighted by Crippen LogP contribution is -2.47. The molecule has 0 aromatic heterocycles. The smallest absolute Gasteiger partial charge is 0.242 e. The minimum atomic E-state index is -0.527. The molecule has 0 aliphatic rings. The third kappa shape index (κ3) is 7.80. The molecule has 2 amide bonds. The van der Waals surface area contributed by atoms with E-state index in [0.29, 0.717) is 25.9 Å². The zero-order valence-electron chi connectivity index (χ0n) is 19.4. The van der Waals surface area contributed by atoms with Crippen LogP contribution in [-0.4, -0.2) is 29.3 Å². The molecule has 31 heavy (non-hydrogen) atoms. The van der Waals surface area contributed by atoms with E-state index in [1.165, 1.54) is 5.56 Å². The van der Waals surface area contributed by atoms with Crippen LogP contribution >= 0.6 is 15.9 Å². The molecule has 1 atom stereocenters. The number of benzene rings is 2. The lowest BCUT2D eigenvalue weighted by molar-refractivity contribution is -0.140. The van der Waals surface area contributed by atoms with Gasteiger partial charge in [-0.3, -0.25) is 9.59 Å². The summed E-state index contributed by atoms with van der Waals surface area (Å²) in [5.41, 5.74) is 3.51. The number of aryl methyl sites for hydroxylation is 1. The Morgan fingerprint density at radius 1 is 1.06 bits per heavy atom. The Labute approximate surface area is 195 Å². The van der Waals surface area contributed by atoms with Crippen LogP contribution in [0.3, 0.4) is 0 Å². The van der Waals surface area contributed by atoms with Crippen molar-refractivity contribution in [1.82, 2.24) is 10.2 Å². The molecule has 168 valence electrons. The van der Waals surface area contributed by atoms with E-state index in [1.54, 1.807) is 11.8 Å². The highest BCUT2D eigenvalue weighted by atomic mass is 79.9. The third-order valence-corrected chi connectivity index (χ3v) is 5.90. The minimum absolute atomic E-state index is 0.0148. The van der Waals surface area contributed by atoms with Crippen LogP contribution in [0.4, 0.5) is 0 Å². The Hall–Kier alpha value is -2.14. The van der Waals surface area contributed by atoms with Crippen molar-refractivity contribution in [2.45, 2.75) is 71.9 Å². The first-order valence-electron chi connectivity index (χ1n) is 11.0. The Kier molecular flexibility index (Phi) is 9.30.